The monoisotopic (exact) mass is 309 g/mol. The maximum atomic E-state index is 13.6. The summed E-state index contributed by atoms with van der Waals surface area (Å²) in [5, 5.41) is 0. The van der Waals surface area contributed by atoms with Crippen LogP contribution in [-0.2, 0) is 4.74 Å². The van der Waals surface area contributed by atoms with Crippen LogP contribution in [-0.4, -0.2) is 36.1 Å². The largest absolute Gasteiger partial charge is 0.372 e. The lowest BCUT2D eigenvalue weighted by Gasteiger charge is -2.35. The number of halogens is 5. The van der Waals surface area contributed by atoms with E-state index in [1.54, 1.807) is 13.8 Å². The number of benzene rings is 1. The van der Waals surface area contributed by atoms with Crippen LogP contribution in [0.4, 0.5) is 22.0 Å². The van der Waals surface area contributed by atoms with Gasteiger partial charge >= 0.3 is 0 Å². The lowest BCUT2D eigenvalue weighted by Crippen LogP contribution is -2.48. The van der Waals surface area contributed by atoms with Gasteiger partial charge < -0.3 is 9.64 Å². The van der Waals surface area contributed by atoms with E-state index in [9.17, 15) is 26.7 Å². The molecule has 21 heavy (non-hydrogen) atoms. The van der Waals surface area contributed by atoms with Crippen molar-refractivity contribution in [1.29, 1.82) is 0 Å². The molecule has 3 nitrogen and oxygen atoms in total. The zero-order chi connectivity index (χ0) is 15.9. The van der Waals surface area contributed by atoms with Crippen molar-refractivity contribution in [3.63, 3.8) is 0 Å². The molecule has 116 valence electrons. The van der Waals surface area contributed by atoms with Gasteiger partial charge in [-0.05, 0) is 13.8 Å². The number of carbonyl (C=O) groups is 1. The van der Waals surface area contributed by atoms with E-state index in [0.717, 1.165) is 4.90 Å². The van der Waals surface area contributed by atoms with Crippen molar-refractivity contribution in [1.82, 2.24) is 4.90 Å². The van der Waals surface area contributed by atoms with Crippen molar-refractivity contribution in [2.24, 2.45) is 0 Å². The highest BCUT2D eigenvalue weighted by Gasteiger charge is 2.34. The molecule has 0 spiro atoms. The number of morpholine rings is 1. The molecule has 0 aliphatic carbocycles. The number of nitrogens with zero attached hydrogens (tertiary/aromatic N) is 1. The van der Waals surface area contributed by atoms with Crippen molar-refractivity contribution in [2.75, 3.05) is 13.1 Å². The molecule has 0 aromatic heterocycles. The summed E-state index contributed by atoms with van der Waals surface area (Å²) in [5.41, 5.74) is -1.44. The first kappa shape index (κ1) is 15.7. The molecule has 1 aliphatic rings. The minimum atomic E-state index is -2.29. The second-order valence-electron chi connectivity index (χ2n) is 4.91. The molecule has 0 bridgehead atoms. The van der Waals surface area contributed by atoms with Gasteiger partial charge in [-0.3, -0.25) is 4.79 Å². The van der Waals surface area contributed by atoms with Crippen LogP contribution in [0, 0.1) is 29.1 Å². The number of hydrogen-bond acceptors (Lipinski definition) is 2. The first-order valence-electron chi connectivity index (χ1n) is 6.20. The van der Waals surface area contributed by atoms with Gasteiger partial charge in [0.25, 0.3) is 5.91 Å². The zero-order valence-corrected chi connectivity index (χ0v) is 11.2. The van der Waals surface area contributed by atoms with E-state index in [1.165, 1.54) is 0 Å². The summed E-state index contributed by atoms with van der Waals surface area (Å²) >= 11 is 0. The fourth-order valence-corrected chi connectivity index (χ4v) is 2.29. The van der Waals surface area contributed by atoms with Crippen LogP contribution in [0.5, 0.6) is 0 Å². The van der Waals surface area contributed by atoms with Crippen LogP contribution >= 0.6 is 0 Å². The Labute approximate surface area is 117 Å². The quantitative estimate of drug-likeness (QED) is 0.453. The smallest absolute Gasteiger partial charge is 0.260 e. The Bertz CT molecular complexity index is 553. The molecule has 1 amide bonds. The standard InChI is InChI=1S/C13H12F5NO2/c1-5-3-19(4-6(2)21-5)13(20)7-8(14)10(16)12(18)11(17)9(7)15/h5-6H,3-4H2,1-2H3/t5-,6-/m0/s1. The summed E-state index contributed by atoms with van der Waals surface area (Å²) in [4.78, 5) is 13.1. The van der Waals surface area contributed by atoms with Crippen LogP contribution in [0.2, 0.25) is 0 Å². The predicted octanol–water partition coefficient (Wildman–Crippen LogP) is 2.63. The third-order valence-electron chi connectivity index (χ3n) is 3.13. The Balaban J connectivity index is 2.44. The summed E-state index contributed by atoms with van der Waals surface area (Å²) in [6, 6.07) is 0. The Morgan fingerprint density at radius 2 is 1.29 bits per heavy atom. The van der Waals surface area contributed by atoms with Crippen LogP contribution in [0.25, 0.3) is 0 Å². The maximum absolute atomic E-state index is 13.6. The molecular weight excluding hydrogens is 297 g/mol. The first-order chi connectivity index (χ1) is 9.73. The first-order valence-corrected chi connectivity index (χ1v) is 6.20. The minimum Gasteiger partial charge on any atom is -0.372 e. The van der Waals surface area contributed by atoms with Gasteiger partial charge in [0.1, 0.15) is 5.56 Å². The van der Waals surface area contributed by atoms with Gasteiger partial charge in [0, 0.05) is 13.1 Å². The second-order valence-corrected chi connectivity index (χ2v) is 4.91. The fourth-order valence-electron chi connectivity index (χ4n) is 2.29. The molecule has 1 heterocycles. The van der Waals surface area contributed by atoms with E-state index < -0.39 is 52.8 Å². The highest BCUT2D eigenvalue weighted by atomic mass is 19.2. The molecule has 1 saturated heterocycles. The normalized spacial score (nSPS) is 22.5. The van der Waals surface area contributed by atoms with Gasteiger partial charge in [0.15, 0.2) is 23.3 Å². The maximum Gasteiger partial charge on any atom is 0.260 e. The molecule has 0 saturated carbocycles. The summed E-state index contributed by atoms with van der Waals surface area (Å²) in [7, 11) is 0. The molecule has 0 radical (unpaired) electrons. The molecule has 2 atom stereocenters. The number of hydrogen-bond donors (Lipinski definition) is 0. The SMILES string of the molecule is C[C@H]1CN(C(=O)c2c(F)c(F)c(F)c(F)c2F)C[C@H](C)O1. The Hall–Kier alpha value is -1.70. The summed E-state index contributed by atoms with van der Waals surface area (Å²) in [6.45, 7) is 3.27. The summed E-state index contributed by atoms with van der Waals surface area (Å²) in [5.74, 6) is -12.0. The molecule has 0 unspecified atom stereocenters. The molecule has 1 aliphatic heterocycles. The molecule has 1 fully saturated rings. The van der Waals surface area contributed by atoms with E-state index in [0.29, 0.717) is 0 Å². The Morgan fingerprint density at radius 3 is 1.71 bits per heavy atom. The van der Waals surface area contributed by atoms with E-state index >= 15 is 0 Å². The number of rotatable bonds is 1. The fraction of sp³-hybridized carbons (Fsp3) is 0.462. The third-order valence-corrected chi connectivity index (χ3v) is 3.13. The Morgan fingerprint density at radius 1 is 0.905 bits per heavy atom. The molecule has 2 rings (SSSR count). The highest BCUT2D eigenvalue weighted by molar-refractivity contribution is 5.95. The van der Waals surface area contributed by atoms with Crippen LogP contribution < -0.4 is 0 Å². The summed E-state index contributed by atoms with van der Waals surface area (Å²) < 4.78 is 71.8. The van der Waals surface area contributed by atoms with Gasteiger partial charge in [0.2, 0.25) is 5.82 Å². The second kappa shape index (κ2) is 5.59. The molecule has 0 N–H and O–H groups in total. The van der Waals surface area contributed by atoms with Crippen molar-refractivity contribution in [3.8, 4) is 0 Å². The van der Waals surface area contributed by atoms with Crippen molar-refractivity contribution in [3.05, 3.63) is 34.6 Å². The third kappa shape index (κ3) is 2.72. The van der Waals surface area contributed by atoms with Gasteiger partial charge in [0.05, 0.1) is 12.2 Å². The van der Waals surface area contributed by atoms with Crippen LogP contribution in [0.3, 0.4) is 0 Å². The van der Waals surface area contributed by atoms with Crippen molar-refractivity contribution >= 4 is 5.91 Å². The number of amides is 1. The molecular formula is C13H12F5NO2. The average molecular weight is 309 g/mol. The highest BCUT2D eigenvalue weighted by Crippen LogP contribution is 2.25. The zero-order valence-electron chi connectivity index (χ0n) is 11.2. The van der Waals surface area contributed by atoms with Crippen LogP contribution in [0.15, 0.2) is 0 Å². The Kier molecular flexibility index (Phi) is 4.18. The lowest BCUT2D eigenvalue weighted by molar-refractivity contribution is -0.0588. The van der Waals surface area contributed by atoms with Gasteiger partial charge in [-0.25, -0.2) is 22.0 Å². The summed E-state index contributed by atoms with van der Waals surface area (Å²) in [6.07, 6.45) is -0.807. The van der Waals surface area contributed by atoms with Crippen molar-refractivity contribution in [2.45, 2.75) is 26.1 Å². The molecule has 8 heteroatoms. The topological polar surface area (TPSA) is 29.5 Å². The average Bonchev–Trinajstić information content (AvgIpc) is 2.42. The van der Waals surface area contributed by atoms with Crippen LogP contribution in [0.1, 0.15) is 24.2 Å². The minimum absolute atomic E-state index is 0.00265. The molecule has 1 aromatic rings. The van der Waals surface area contributed by atoms with E-state index in [4.69, 9.17) is 4.74 Å². The van der Waals surface area contributed by atoms with Gasteiger partial charge in [-0.15, -0.1) is 0 Å². The number of ether oxygens (including phenoxy) is 1. The van der Waals surface area contributed by atoms with E-state index in [-0.39, 0.29) is 13.1 Å². The predicted molar refractivity (Wildman–Crippen MR) is 62.1 cm³/mol. The van der Waals surface area contributed by atoms with E-state index in [2.05, 4.69) is 0 Å². The number of carbonyl (C=O) groups excluding carboxylic acids is 1. The molecule has 1 aromatic carbocycles. The van der Waals surface area contributed by atoms with Crippen molar-refractivity contribution < 1.29 is 31.5 Å². The van der Waals surface area contributed by atoms with Gasteiger partial charge in [-0.1, -0.05) is 0 Å². The lowest BCUT2D eigenvalue weighted by atomic mass is 10.1. The van der Waals surface area contributed by atoms with Gasteiger partial charge in [-0.2, -0.15) is 0 Å². The van der Waals surface area contributed by atoms with E-state index in [1.807, 2.05) is 0 Å².